The van der Waals surface area contributed by atoms with Crippen LogP contribution in [0.5, 0.6) is 11.5 Å². The van der Waals surface area contributed by atoms with Gasteiger partial charge in [-0.15, -0.1) is 0 Å². The number of hydrogen-bond donors (Lipinski definition) is 2. The van der Waals surface area contributed by atoms with Gasteiger partial charge in [-0.05, 0) is 35.7 Å². The molecule has 0 saturated carbocycles. The summed E-state index contributed by atoms with van der Waals surface area (Å²) in [6.45, 7) is 4.31. The van der Waals surface area contributed by atoms with E-state index in [1.807, 2.05) is 42.5 Å². The van der Waals surface area contributed by atoms with Gasteiger partial charge in [-0.2, -0.15) is 0 Å². The molecule has 20 heavy (non-hydrogen) atoms. The minimum atomic E-state index is 0.802. The molecule has 0 radical (unpaired) electrons. The number of ether oxygens (including phenoxy) is 1. The molecule has 1 aliphatic rings. The average molecular weight is 268 g/mol. The summed E-state index contributed by atoms with van der Waals surface area (Å²) < 4.78 is 5.77. The molecule has 0 spiro atoms. The second-order valence-corrected chi connectivity index (χ2v) is 5.21. The number of para-hydroxylation sites is 1. The standard InChI is InChI=1S/C17H20N2O/c1-2-4-16(5-3-1)20-17-8-6-14(7-9-17)10-18-11-15-12-19-13-15/h1-9,15,18-19H,10-13H2. The van der Waals surface area contributed by atoms with Gasteiger partial charge in [0.2, 0.25) is 0 Å². The Labute approximate surface area is 120 Å². The van der Waals surface area contributed by atoms with Crippen LogP contribution in [0.25, 0.3) is 0 Å². The minimum Gasteiger partial charge on any atom is -0.457 e. The van der Waals surface area contributed by atoms with Crippen molar-refractivity contribution in [2.45, 2.75) is 6.54 Å². The van der Waals surface area contributed by atoms with Gasteiger partial charge in [0, 0.05) is 26.2 Å². The summed E-state index contributed by atoms with van der Waals surface area (Å²) in [6, 6.07) is 18.1. The van der Waals surface area contributed by atoms with Crippen LogP contribution in [0, 0.1) is 5.92 Å². The molecule has 3 rings (SSSR count). The van der Waals surface area contributed by atoms with Crippen LogP contribution >= 0.6 is 0 Å². The van der Waals surface area contributed by atoms with E-state index in [-0.39, 0.29) is 0 Å². The van der Waals surface area contributed by atoms with Crippen LogP contribution in [0.15, 0.2) is 54.6 Å². The van der Waals surface area contributed by atoms with Crippen LogP contribution in [0.2, 0.25) is 0 Å². The molecule has 2 aromatic rings. The van der Waals surface area contributed by atoms with E-state index in [1.54, 1.807) is 0 Å². The van der Waals surface area contributed by atoms with E-state index in [1.165, 1.54) is 5.56 Å². The third-order valence-corrected chi connectivity index (χ3v) is 3.53. The quantitative estimate of drug-likeness (QED) is 0.845. The first-order valence-corrected chi connectivity index (χ1v) is 7.13. The van der Waals surface area contributed by atoms with Crippen molar-refractivity contribution in [3.05, 3.63) is 60.2 Å². The molecule has 3 heteroatoms. The lowest BCUT2D eigenvalue weighted by Crippen LogP contribution is -2.47. The summed E-state index contributed by atoms with van der Waals surface area (Å²) in [4.78, 5) is 0. The van der Waals surface area contributed by atoms with Crippen LogP contribution in [0.1, 0.15) is 5.56 Å². The van der Waals surface area contributed by atoms with E-state index >= 15 is 0 Å². The third kappa shape index (κ3) is 3.59. The van der Waals surface area contributed by atoms with E-state index in [4.69, 9.17) is 4.74 Å². The third-order valence-electron chi connectivity index (χ3n) is 3.53. The Kier molecular flexibility index (Phi) is 4.31. The minimum absolute atomic E-state index is 0.802. The van der Waals surface area contributed by atoms with Crippen molar-refractivity contribution in [1.82, 2.24) is 10.6 Å². The highest BCUT2D eigenvalue weighted by molar-refractivity contribution is 5.32. The summed E-state index contributed by atoms with van der Waals surface area (Å²) in [6.07, 6.45) is 0. The van der Waals surface area contributed by atoms with Crippen LogP contribution in [0.3, 0.4) is 0 Å². The zero-order chi connectivity index (χ0) is 13.6. The Morgan fingerprint density at radius 1 is 0.950 bits per heavy atom. The smallest absolute Gasteiger partial charge is 0.127 e. The van der Waals surface area contributed by atoms with Gasteiger partial charge >= 0.3 is 0 Å². The van der Waals surface area contributed by atoms with Crippen molar-refractivity contribution < 1.29 is 4.74 Å². The predicted molar refractivity (Wildman–Crippen MR) is 81.0 cm³/mol. The second kappa shape index (κ2) is 6.55. The highest BCUT2D eigenvalue weighted by atomic mass is 16.5. The zero-order valence-electron chi connectivity index (χ0n) is 11.5. The highest BCUT2D eigenvalue weighted by Gasteiger charge is 2.15. The first kappa shape index (κ1) is 13.2. The zero-order valence-corrected chi connectivity index (χ0v) is 11.5. The molecule has 104 valence electrons. The van der Waals surface area contributed by atoms with Crippen LogP contribution in [-0.2, 0) is 6.54 Å². The number of hydrogen-bond acceptors (Lipinski definition) is 3. The van der Waals surface area contributed by atoms with Gasteiger partial charge < -0.3 is 15.4 Å². The van der Waals surface area contributed by atoms with E-state index in [9.17, 15) is 0 Å². The van der Waals surface area contributed by atoms with Gasteiger partial charge in [0.05, 0.1) is 0 Å². The second-order valence-electron chi connectivity index (χ2n) is 5.21. The number of nitrogens with one attached hydrogen (secondary N) is 2. The van der Waals surface area contributed by atoms with Crippen molar-refractivity contribution >= 4 is 0 Å². The topological polar surface area (TPSA) is 33.3 Å². The largest absolute Gasteiger partial charge is 0.457 e. The molecule has 0 atom stereocenters. The predicted octanol–water partition coefficient (Wildman–Crippen LogP) is 2.79. The lowest BCUT2D eigenvalue weighted by molar-refractivity contribution is 0.331. The normalized spacial score (nSPS) is 14.8. The molecular formula is C17H20N2O. The molecule has 1 aliphatic heterocycles. The van der Waals surface area contributed by atoms with Gasteiger partial charge in [0.1, 0.15) is 11.5 Å². The highest BCUT2D eigenvalue weighted by Crippen LogP contribution is 2.21. The molecule has 0 amide bonds. The fourth-order valence-electron chi connectivity index (χ4n) is 2.21. The lowest BCUT2D eigenvalue weighted by Gasteiger charge is -2.27. The molecule has 3 nitrogen and oxygen atoms in total. The molecule has 2 N–H and O–H groups in total. The fraction of sp³-hybridized carbons (Fsp3) is 0.294. The van der Waals surface area contributed by atoms with E-state index in [0.717, 1.165) is 43.6 Å². The molecule has 2 aromatic carbocycles. The maximum atomic E-state index is 5.77. The van der Waals surface area contributed by atoms with Crippen molar-refractivity contribution in [3.63, 3.8) is 0 Å². The van der Waals surface area contributed by atoms with Gasteiger partial charge in [-0.3, -0.25) is 0 Å². The lowest BCUT2D eigenvalue weighted by atomic mass is 10.0. The summed E-state index contributed by atoms with van der Waals surface area (Å²) in [7, 11) is 0. The van der Waals surface area contributed by atoms with Crippen molar-refractivity contribution in [2.24, 2.45) is 5.92 Å². The van der Waals surface area contributed by atoms with Gasteiger partial charge in [0.25, 0.3) is 0 Å². The van der Waals surface area contributed by atoms with Gasteiger partial charge in [-0.1, -0.05) is 30.3 Å². The summed E-state index contributed by atoms with van der Waals surface area (Å²) in [5, 5.41) is 6.78. The van der Waals surface area contributed by atoms with Crippen molar-refractivity contribution in [3.8, 4) is 11.5 Å². The summed E-state index contributed by atoms with van der Waals surface area (Å²) in [5.74, 6) is 2.55. The van der Waals surface area contributed by atoms with Crippen molar-refractivity contribution in [1.29, 1.82) is 0 Å². The summed E-state index contributed by atoms with van der Waals surface area (Å²) >= 11 is 0. The maximum absolute atomic E-state index is 5.77. The molecule has 0 aromatic heterocycles. The molecule has 0 aliphatic carbocycles. The SMILES string of the molecule is c1ccc(Oc2ccc(CNCC3CNC3)cc2)cc1. The van der Waals surface area contributed by atoms with Crippen LogP contribution in [0.4, 0.5) is 0 Å². The number of benzene rings is 2. The van der Waals surface area contributed by atoms with Crippen molar-refractivity contribution in [2.75, 3.05) is 19.6 Å². The molecule has 0 bridgehead atoms. The van der Waals surface area contributed by atoms with Crippen LogP contribution in [-0.4, -0.2) is 19.6 Å². The van der Waals surface area contributed by atoms with E-state index < -0.39 is 0 Å². The van der Waals surface area contributed by atoms with Gasteiger partial charge in [-0.25, -0.2) is 0 Å². The van der Waals surface area contributed by atoms with Crippen LogP contribution < -0.4 is 15.4 Å². The first-order chi connectivity index (χ1) is 9.90. The molecular weight excluding hydrogens is 248 g/mol. The van der Waals surface area contributed by atoms with Gasteiger partial charge in [0.15, 0.2) is 0 Å². The average Bonchev–Trinajstić information content (AvgIpc) is 2.44. The molecule has 1 saturated heterocycles. The Bertz CT molecular complexity index is 520. The number of rotatable bonds is 6. The fourth-order valence-corrected chi connectivity index (χ4v) is 2.21. The monoisotopic (exact) mass is 268 g/mol. The maximum Gasteiger partial charge on any atom is 0.127 e. The van der Waals surface area contributed by atoms with E-state index in [0.29, 0.717) is 0 Å². The Morgan fingerprint density at radius 2 is 1.65 bits per heavy atom. The summed E-state index contributed by atoms with van der Waals surface area (Å²) in [5.41, 5.74) is 1.29. The molecule has 1 heterocycles. The Balaban J connectivity index is 1.49. The van der Waals surface area contributed by atoms with E-state index in [2.05, 4.69) is 22.8 Å². The Hall–Kier alpha value is -1.84. The molecule has 0 unspecified atom stereocenters. The first-order valence-electron chi connectivity index (χ1n) is 7.13. The Morgan fingerprint density at radius 3 is 2.30 bits per heavy atom. The molecule has 1 fully saturated rings.